The molecule has 4 aromatic rings. The Bertz CT molecular complexity index is 1160. The summed E-state index contributed by atoms with van der Waals surface area (Å²) in [6.07, 6.45) is 0. The van der Waals surface area contributed by atoms with E-state index in [2.05, 4.69) is 25.3 Å². The summed E-state index contributed by atoms with van der Waals surface area (Å²) >= 11 is 1.38. The standard InChI is InChI=1S/C21H18N6O2S/c1-13-7-9-14(10-8-13)18-24-16(12-30-18)19(28)29-11-17-25-20(22)27-21(26-17)23-15-5-3-2-4-6-15/h2-10,12H,11H2,1H3,(H3,22,23,25,26,27). The topological polar surface area (TPSA) is 116 Å². The Balaban J connectivity index is 1.42. The van der Waals surface area contributed by atoms with E-state index in [4.69, 9.17) is 10.5 Å². The average Bonchev–Trinajstić information content (AvgIpc) is 3.23. The van der Waals surface area contributed by atoms with Gasteiger partial charge < -0.3 is 15.8 Å². The van der Waals surface area contributed by atoms with Gasteiger partial charge in [0.25, 0.3) is 0 Å². The lowest BCUT2D eigenvalue weighted by Gasteiger charge is -2.07. The van der Waals surface area contributed by atoms with Crippen LogP contribution in [0.4, 0.5) is 17.6 Å². The molecule has 0 fully saturated rings. The van der Waals surface area contributed by atoms with Crippen LogP contribution in [-0.4, -0.2) is 25.9 Å². The van der Waals surface area contributed by atoms with E-state index in [1.54, 1.807) is 5.38 Å². The van der Waals surface area contributed by atoms with Crippen molar-refractivity contribution in [1.29, 1.82) is 0 Å². The van der Waals surface area contributed by atoms with Crippen LogP contribution in [0.15, 0.2) is 60.0 Å². The van der Waals surface area contributed by atoms with Gasteiger partial charge in [-0.25, -0.2) is 9.78 Å². The highest BCUT2D eigenvalue weighted by Gasteiger charge is 2.15. The van der Waals surface area contributed by atoms with Crippen LogP contribution in [0.5, 0.6) is 0 Å². The summed E-state index contributed by atoms with van der Waals surface area (Å²) in [7, 11) is 0. The van der Waals surface area contributed by atoms with Crippen LogP contribution in [0.25, 0.3) is 10.6 Å². The molecule has 8 nitrogen and oxygen atoms in total. The minimum atomic E-state index is -0.554. The van der Waals surface area contributed by atoms with Crippen LogP contribution in [-0.2, 0) is 11.3 Å². The first-order valence-corrected chi connectivity index (χ1v) is 9.97. The van der Waals surface area contributed by atoms with Crippen molar-refractivity contribution in [3.63, 3.8) is 0 Å². The Morgan fingerprint density at radius 1 is 1.03 bits per heavy atom. The van der Waals surface area contributed by atoms with Crippen LogP contribution in [0.2, 0.25) is 0 Å². The number of carbonyl (C=O) groups excluding carboxylic acids is 1. The summed E-state index contributed by atoms with van der Waals surface area (Å²) < 4.78 is 5.31. The number of esters is 1. The van der Waals surface area contributed by atoms with E-state index in [9.17, 15) is 4.79 Å². The molecule has 9 heteroatoms. The molecule has 30 heavy (non-hydrogen) atoms. The molecule has 0 bridgehead atoms. The highest BCUT2D eigenvalue weighted by molar-refractivity contribution is 7.13. The van der Waals surface area contributed by atoms with Gasteiger partial charge in [-0.05, 0) is 19.1 Å². The highest BCUT2D eigenvalue weighted by atomic mass is 32.1. The van der Waals surface area contributed by atoms with E-state index in [0.29, 0.717) is 0 Å². The van der Waals surface area contributed by atoms with Gasteiger partial charge in [-0.15, -0.1) is 11.3 Å². The number of aryl methyl sites for hydroxylation is 1. The fourth-order valence-electron chi connectivity index (χ4n) is 2.61. The Labute approximate surface area is 176 Å². The molecule has 150 valence electrons. The summed E-state index contributed by atoms with van der Waals surface area (Å²) in [6, 6.07) is 17.3. The summed E-state index contributed by atoms with van der Waals surface area (Å²) in [6.45, 7) is 1.87. The smallest absolute Gasteiger partial charge is 0.358 e. The number of hydrogen-bond donors (Lipinski definition) is 2. The fourth-order valence-corrected chi connectivity index (χ4v) is 3.40. The normalized spacial score (nSPS) is 10.6. The zero-order valence-corrected chi connectivity index (χ0v) is 16.9. The van der Waals surface area contributed by atoms with Crippen LogP contribution < -0.4 is 11.1 Å². The molecule has 0 saturated carbocycles. The van der Waals surface area contributed by atoms with Crippen molar-refractivity contribution in [2.45, 2.75) is 13.5 Å². The van der Waals surface area contributed by atoms with E-state index in [1.807, 2.05) is 61.5 Å². The molecule has 3 N–H and O–H groups in total. The Morgan fingerprint density at radius 3 is 2.57 bits per heavy atom. The molecule has 2 aromatic heterocycles. The van der Waals surface area contributed by atoms with Gasteiger partial charge in [-0.2, -0.15) is 15.0 Å². The van der Waals surface area contributed by atoms with Crippen LogP contribution in [0.3, 0.4) is 0 Å². The second-order valence-corrected chi connectivity index (χ2v) is 7.26. The van der Waals surface area contributed by atoms with Crippen molar-refractivity contribution in [1.82, 2.24) is 19.9 Å². The lowest BCUT2D eigenvalue weighted by molar-refractivity contribution is 0.0456. The number of benzene rings is 2. The average molecular weight is 418 g/mol. The first-order chi connectivity index (χ1) is 14.6. The summed E-state index contributed by atoms with van der Waals surface area (Å²) in [5.41, 5.74) is 8.91. The summed E-state index contributed by atoms with van der Waals surface area (Å²) in [5, 5.41) is 5.46. The number of thiazole rings is 1. The number of nitrogen functional groups attached to an aromatic ring is 1. The lowest BCUT2D eigenvalue weighted by Crippen LogP contribution is -2.11. The monoisotopic (exact) mass is 418 g/mol. The number of ether oxygens (including phenoxy) is 1. The number of rotatable bonds is 6. The molecule has 0 aliphatic carbocycles. The van der Waals surface area contributed by atoms with Gasteiger partial charge >= 0.3 is 5.97 Å². The molecule has 0 spiro atoms. The maximum absolute atomic E-state index is 12.4. The maximum Gasteiger partial charge on any atom is 0.358 e. The number of nitrogens with zero attached hydrogens (tertiary/aromatic N) is 4. The molecule has 2 heterocycles. The van der Waals surface area contributed by atoms with Crippen molar-refractivity contribution >= 4 is 34.9 Å². The number of hydrogen-bond acceptors (Lipinski definition) is 9. The fraction of sp³-hybridized carbons (Fsp3) is 0.0952. The summed E-state index contributed by atoms with van der Waals surface area (Å²) in [4.78, 5) is 29.1. The van der Waals surface area contributed by atoms with E-state index >= 15 is 0 Å². The molecular formula is C21H18N6O2S. The van der Waals surface area contributed by atoms with Crippen LogP contribution >= 0.6 is 11.3 Å². The van der Waals surface area contributed by atoms with Gasteiger partial charge in [0.05, 0.1) is 0 Å². The van der Waals surface area contributed by atoms with Crippen molar-refractivity contribution < 1.29 is 9.53 Å². The number of nitrogens with two attached hydrogens (primary N) is 1. The zero-order valence-electron chi connectivity index (χ0n) is 16.1. The van der Waals surface area contributed by atoms with Gasteiger partial charge in [0, 0.05) is 16.6 Å². The quantitative estimate of drug-likeness (QED) is 0.452. The third-order valence-electron chi connectivity index (χ3n) is 4.07. The van der Waals surface area contributed by atoms with Gasteiger partial charge in [-0.3, -0.25) is 0 Å². The molecular weight excluding hydrogens is 400 g/mol. The molecule has 0 amide bonds. The highest BCUT2D eigenvalue weighted by Crippen LogP contribution is 2.24. The number of para-hydroxylation sites is 1. The zero-order chi connectivity index (χ0) is 20.9. The Hall–Kier alpha value is -3.85. The van der Waals surface area contributed by atoms with Crippen LogP contribution in [0.1, 0.15) is 21.9 Å². The lowest BCUT2D eigenvalue weighted by atomic mass is 10.2. The van der Waals surface area contributed by atoms with Gasteiger partial charge in [0.2, 0.25) is 11.9 Å². The minimum Gasteiger partial charge on any atom is -0.453 e. The first-order valence-electron chi connectivity index (χ1n) is 9.09. The maximum atomic E-state index is 12.4. The largest absolute Gasteiger partial charge is 0.453 e. The summed E-state index contributed by atoms with van der Waals surface area (Å²) in [5.74, 6) is -0.00991. The molecule has 0 aliphatic rings. The van der Waals surface area contributed by atoms with Crippen molar-refractivity contribution in [3.05, 3.63) is 77.1 Å². The number of anilines is 3. The molecule has 4 rings (SSSR count). The molecule has 0 radical (unpaired) electrons. The number of aromatic nitrogens is 4. The third-order valence-corrected chi connectivity index (χ3v) is 4.96. The number of nitrogens with one attached hydrogen (secondary N) is 1. The van der Waals surface area contributed by atoms with Gasteiger partial charge in [0.15, 0.2) is 18.1 Å². The van der Waals surface area contributed by atoms with E-state index < -0.39 is 5.97 Å². The molecule has 0 aliphatic heterocycles. The van der Waals surface area contributed by atoms with Gasteiger partial charge in [-0.1, -0.05) is 48.0 Å². The third kappa shape index (κ3) is 4.76. The van der Waals surface area contributed by atoms with E-state index in [-0.39, 0.29) is 30.0 Å². The Kier molecular flexibility index (Phi) is 5.62. The first kappa shape index (κ1) is 19.5. The molecule has 0 saturated heterocycles. The molecule has 2 aromatic carbocycles. The molecule has 0 atom stereocenters. The van der Waals surface area contributed by atoms with Crippen molar-refractivity contribution in [3.8, 4) is 10.6 Å². The van der Waals surface area contributed by atoms with E-state index in [1.165, 1.54) is 11.3 Å². The second kappa shape index (κ2) is 8.66. The van der Waals surface area contributed by atoms with Gasteiger partial charge in [0.1, 0.15) is 5.01 Å². The SMILES string of the molecule is Cc1ccc(-c2nc(C(=O)OCc3nc(N)nc(Nc4ccccc4)n3)cs2)cc1. The second-order valence-electron chi connectivity index (χ2n) is 6.40. The number of carbonyl (C=O) groups is 1. The predicted molar refractivity (Wildman–Crippen MR) is 115 cm³/mol. The molecule has 0 unspecified atom stereocenters. The Morgan fingerprint density at radius 2 is 1.80 bits per heavy atom. The minimum absolute atomic E-state index is 0.0322. The van der Waals surface area contributed by atoms with Crippen LogP contribution in [0, 0.1) is 6.92 Å². The predicted octanol–water partition coefficient (Wildman–Crippen LogP) is 3.99. The van der Waals surface area contributed by atoms with E-state index in [0.717, 1.165) is 21.8 Å². The van der Waals surface area contributed by atoms with Crippen molar-refractivity contribution in [2.24, 2.45) is 0 Å². The van der Waals surface area contributed by atoms with Crippen molar-refractivity contribution in [2.75, 3.05) is 11.1 Å².